The summed E-state index contributed by atoms with van der Waals surface area (Å²) in [7, 11) is 0. The topological polar surface area (TPSA) is 44.8 Å². The Morgan fingerprint density at radius 2 is 2.25 bits per heavy atom. The molecule has 2 heterocycles. The second-order valence-electron chi connectivity index (χ2n) is 6.07. The average molecular weight is 276 g/mol. The van der Waals surface area contributed by atoms with Crippen LogP contribution in [0.2, 0.25) is 0 Å². The quantitative estimate of drug-likeness (QED) is 0.791. The lowest BCUT2D eigenvalue weighted by Crippen LogP contribution is -2.50. The van der Waals surface area contributed by atoms with Crippen molar-refractivity contribution in [2.24, 2.45) is 5.41 Å². The van der Waals surface area contributed by atoms with Crippen LogP contribution in [-0.4, -0.2) is 31.6 Å². The molecule has 0 aromatic heterocycles. The molecule has 2 aliphatic rings. The van der Waals surface area contributed by atoms with E-state index in [1.165, 1.54) is 11.1 Å². The summed E-state index contributed by atoms with van der Waals surface area (Å²) in [4.78, 5) is 10.8. The summed E-state index contributed by atoms with van der Waals surface area (Å²) in [5, 5.41) is 0. The van der Waals surface area contributed by atoms with Crippen molar-refractivity contribution in [2.75, 3.05) is 6.61 Å². The molecule has 0 aliphatic carbocycles. The highest BCUT2D eigenvalue weighted by molar-refractivity contribution is 5.38. The van der Waals surface area contributed by atoms with E-state index < -0.39 is 6.29 Å². The van der Waals surface area contributed by atoms with Crippen LogP contribution in [0.4, 0.5) is 0 Å². The maximum atomic E-state index is 10.8. The standard InChI is InChI=1S/C16H20O4/c1-11-5-3-4-6-12(11)7-16(2)8-13-9-18-15(20-13)14(16)19-10-17/h3-6,10,13-15H,7-9H2,1-2H3/t13-,14?,15+,16?/m0/s1. The van der Waals surface area contributed by atoms with Crippen molar-refractivity contribution in [3.8, 4) is 0 Å². The van der Waals surface area contributed by atoms with Gasteiger partial charge < -0.3 is 14.2 Å². The first-order valence-electron chi connectivity index (χ1n) is 7.03. The fraction of sp³-hybridized carbons (Fsp3) is 0.562. The Kier molecular flexibility index (Phi) is 3.52. The van der Waals surface area contributed by atoms with Crippen molar-refractivity contribution in [1.29, 1.82) is 0 Å². The highest BCUT2D eigenvalue weighted by Gasteiger charge is 2.52. The molecule has 4 nitrogen and oxygen atoms in total. The number of rotatable bonds is 4. The molecule has 1 aromatic rings. The lowest BCUT2D eigenvalue weighted by atomic mass is 9.72. The number of fused-ring (bicyclic) bond motifs is 2. The van der Waals surface area contributed by atoms with Gasteiger partial charge in [0.05, 0.1) is 12.7 Å². The maximum absolute atomic E-state index is 10.8. The molecule has 0 amide bonds. The Morgan fingerprint density at radius 3 is 3.00 bits per heavy atom. The van der Waals surface area contributed by atoms with Crippen molar-refractivity contribution in [1.82, 2.24) is 0 Å². The van der Waals surface area contributed by atoms with Crippen LogP contribution in [-0.2, 0) is 25.4 Å². The van der Waals surface area contributed by atoms with Crippen LogP contribution in [0.3, 0.4) is 0 Å². The molecule has 1 aromatic carbocycles. The third-order valence-corrected chi connectivity index (χ3v) is 4.46. The summed E-state index contributed by atoms with van der Waals surface area (Å²) in [5.41, 5.74) is 2.39. The molecule has 2 fully saturated rings. The van der Waals surface area contributed by atoms with E-state index >= 15 is 0 Å². The Bertz CT molecular complexity index is 501. The van der Waals surface area contributed by atoms with Crippen molar-refractivity contribution in [3.05, 3.63) is 35.4 Å². The van der Waals surface area contributed by atoms with E-state index in [1.807, 2.05) is 12.1 Å². The first kappa shape index (κ1) is 13.6. The normalized spacial score (nSPS) is 35.8. The molecule has 108 valence electrons. The van der Waals surface area contributed by atoms with E-state index in [0.717, 1.165) is 12.8 Å². The number of benzene rings is 1. The third kappa shape index (κ3) is 2.34. The molecular weight excluding hydrogens is 256 g/mol. The van der Waals surface area contributed by atoms with E-state index in [0.29, 0.717) is 13.1 Å². The Morgan fingerprint density at radius 1 is 1.45 bits per heavy atom. The van der Waals surface area contributed by atoms with Gasteiger partial charge in [0.2, 0.25) is 0 Å². The Hall–Kier alpha value is -1.39. The molecule has 3 rings (SSSR count). The predicted molar refractivity (Wildman–Crippen MR) is 73.2 cm³/mol. The summed E-state index contributed by atoms with van der Waals surface area (Å²) < 4.78 is 16.6. The first-order chi connectivity index (χ1) is 9.62. The molecule has 2 unspecified atom stereocenters. The van der Waals surface area contributed by atoms with Gasteiger partial charge in [-0.1, -0.05) is 31.2 Å². The van der Waals surface area contributed by atoms with Gasteiger partial charge in [0.1, 0.15) is 0 Å². The van der Waals surface area contributed by atoms with Crippen LogP contribution < -0.4 is 0 Å². The van der Waals surface area contributed by atoms with Crippen LogP contribution in [0, 0.1) is 12.3 Å². The van der Waals surface area contributed by atoms with Crippen molar-refractivity contribution < 1.29 is 19.0 Å². The van der Waals surface area contributed by atoms with Crippen molar-refractivity contribution in [3.63, 3.8) is 0 Å². The van der Waals surface area contributed by atoms with Gasteiger partial charge in [-0.25, -0.2) is 0 Å². The van der Waals surface area contributed by atoms with Gasteiger partial charge in [-0.2, -0.15) is 0 Å². The molecular formula is C16H20O4. The fourth-order valence-corrected chi connectivity index (χ4v) is 3.41. The zero-order valence-corrected chi connectivity index (χ0v) is 11.9. The molecule has 2 aliphatic heterocycles. The van der Waals surface area contributed by atoms with E-state index in [9.17, 15) is 4.79 Å². The molecule has 2 saturated heterocycles. The molecule has 2 bridgehead atoms. The summed E-state index contributed by atoms with van der Waals surface area (Å²) in [6.07, 6.45) is 1.04. The van der Waals surface area contributed by atoms with E-state index in [1.54, 1.807) is 0 Å². The van der Waals surface area contributed by atoms with Crippen molar-refractivity contribution >= 4 is 6.47 Å². The van der Waals surface area contributed by atoms with Gasteiger partial charge in [0.15, 0.2) is 12.4 Å². The molecule has 4 heteroatoms. The smallest absolute Gasteiger partial charge is 0.293 e. The van der Waals surface area contributed by atoms with Crippen molar-refractivity contribution in [2.45, 2.75) is 45.2 Å². The molecule has 0 radical (unpaired) electrons. The lowest BCUT2D eigenvalue weighted by Gasteiger charge is -2.42. The second kappa shape index (κ2) is 5.19. The minimum atomic E-state index is -0.423. The summed E-state index contributed by atoms with van der Waals surface area (Å²) in [5.74, 6) is 0. The number of aryl methyl sites for hydroxylation is 1. The summed E-state index contributed by atoms with van der Waals surface area (Å²) in [6, 6.07) is 8.33. The zero-order chi connectivity index (χ0) is 14.2. The summed E-state index contributed by atoms with van der Waals surface area (Å²) in [6.45, 7) is 5.36. The fourth-order valence-electron chi connectivity index (χ4n) is 3.41. The first-order valence-corrected chi connectivity index (χ1v) is 7.03. The van der Waals surface area contributed by atoms with Gasteiger partial charge in [-0.3, -0.25) is 4.79 Å². The van der Waals surface area contributed by atoms with Crippen LogP contribution in [0.1, 0.15) is 24.5 Å². The van der Waals surface area contributed by atoms with Gasteiger partial charge in [0, 0.05) is 5.41 Å². The second-order valence-corrected chi connectivity index (χ2v) is 6.07. The van der Waals surface area contributed by atoms with E-state index in [-0.39, 0.29) is 17.6 Å². The SMILES string of the molecule is Cc1ccccc1CC1(C)C[C@H]2CO[C@H](O2)C1OC=O. The van der Waals surface area contributed by atoms with E-state index in [4.69, 9.17) is 14.2 Å². The lowest BCUT2D eigenvalue weighted by molar-refractivity contribution is -0.213. The van der Waals surface area contributed by atoms with Crippen LogP contribution in [0.25, 0.3) is 0 Å². The number of hydrogen-bond donors (Lipinski definition) is 0. The van der Waals surface area contributed by atoms with Crippen LogP contribution >= 0.6 is 0 Å². The number of carbonyl (C=O) groups excluding carboxylic acids is 1. The van der Waals surface area contributed by atoms with Gasteiger partial charge in [-0.05, 0) is 30.9 Å². The minimum absolute atomic E-state index is 0.112. The Labute approximate surface area is 119 Å². The number of hydrogen-bond acceptors (Lipinski definition) is 4. The predicted octanol–water partition coefficient (Wildman–Crippen LogP) is 2.23. The number of ether oxygens (including phenoxy) is 3. The summed E-state index contributed by atoms with van der Waals surface area (Å²) >= 11 is 0. The maximum Gasteiger partial charge on any atom is 0.293 e. The highest BCUT2D eigenvalue weighted by atomic mass is 16.7. The van der Waals surface area contributed by atoms with E-state index in [2.05, 4.69) is 26.0 Å². The molecule has 4 atom stereocenters. The highest BCUT2D eigenvalue weighted by Crippen LogP contribution is 2.44. The molecule has 0 saturated carbocycles. The third-order valence-electron chi connectivity index (χ3n) is 4.46. The van der Waals surface area contributed by atoms with Gasteiger partial charge >= 0.3 is 0 Å². The monoisotopic (exact) mass is 276 g/mol. The minimum Gasteiger partial charge on any atom is -0.459 e. The Balaban J connectivity index is 1.88. The zero-order valence-electron chi connectivity index (χ0n) is 11.9. The number of carbonyl (C=O) groups is 1. The van der Waals surface area contributed by atoms with Crippen LogP contribution in [0.15, 0.2) is 24.3 Å². The van der Waals surface area contributed by atoms with Crippen LogP contribution in [0.5, 0.6) is 0 Å². The molecule has 20 heavy (non-hydrogen) atoms. The van der Waals surface area contributed by atoms with Gasteiger partial charge in [-0.15, -0.1) is 0 Å². The molecule has 0 N–H and O–H groups in total. The van der Waals surface area contributed by atoms with Gasteiger partial charge in [0.25, 0.3) is 6.47 Å². The largest absolute Gasteiger partial charge is 0.459 e. The average Bonchev–Trinajstić information content (AvgIpc) is 2.81. The molecule has 0 spiro atoms.